The normalized spacial score (nSPS) is 11.2. The van der Waals surface area contributed by atoms with E-state index in [1.54, 1.807) is 27.8 Å². The minimum Gasteiger partial charge on any atom is -0.444 e. The zero-order valence-electron chi connectivity index (χ0n) is 10.8. The van der Waals surface area contributed by atoms with Crippen molar-refractivity contribution in [1.82, 2.24) is 15.1 Å². The van der Waals surface area contributed by atoms with Gasteiger partial charge in [0.15, 0.2) is 0 Å². The van der Waals surface area contributed by atoms with Crippen molar-refractivity contribution in [1.29, 1.82) is 0 Å². The minimum absolute atomic E-state index is 0.132. The topological polar surface area (TPSA) is 73.2 Å². The molecule has 0 aromatic carbocycles. The Labute approximate surface area is 114 Å². The van der Waals surface area contributed by atoms with Gasteiger partial charge < -0.3 is 10.1 Å². The highest BCUT2D eigenvalue weighted by molar-refractivity contribution is 9.10. The number of ether oxygens (including phenoxy) is 1. The molecule has 0 bridgehead atoms. The van der Waals surface area contributed by atoms with Gasteiger partial charge in [0.2, 0.25) is 5.78 Å². The number of Topliss-reactive ketones (excluding diaryl/α,β-unsaturated/α-hetero) is 1. The number of carbonyl (C=O) groups excluding carboxylic acids is 2. The van der Waals surface area contributed by atoms with Crippen LogP contribution in [-0.4, -0.2) is 33.8 Å². The van der Waals surface area contributed by atoms with E-state index in [0.717, 1.165) is 0 Å². The number of amides is 1. The van der Waals surface area contributed by atoms with Crippen LogP contribution in [0.3, 0.4) is 0 Å². The summed E-state index contributed by atoms with van der Waals surface area (Å²) in [6.45, 7) is 5.14. The average molecular weight is 318 g/mol. The number of carbonyl (C=O) groups is 2. The quantitative estimate of drug-likeness (QED) is 0.864. The molecule has 1 aromatic rings. The smallest absolute Gasteiger partial charge is 0.408 e. The second kappa shape index (κ2) is 5.51. The van der Waals surface area contributed by atoms with Crippen LogP contribution in [0.2, 0.25) is 0 Å². The molecule has 0 aliphatic heterocycles. The first-order chi connectivity index (χ1) is 8.20. The number of halogens is 1. The van der Waals surface area contributed by atoms with Crippen LogP contribution in [0.25, 0.3) is 0 Å². The molecule has 0 aliphatic rings. The highest BCUT2D eigenvalue weighted by atomic mass is 79.9. The molecule has 0 saturated carbocycles. The lowest BCUT2D eigenvalue weighted by Gasteiger charge is -2.19. The van der Waals surface area contributed by atoms with Gasteiger partial charge in [-0.05, 0) is 36.7 Å². The van der Waals surface area contributed by atoms with Crippen LogP contribution >= 0.6 is 15.9 Å². The first kappa shape index (κ1) is 14.7. The van der Waals surface area contributed by atoms with Gasteiger partial charge in [-0.2, -0.15) is 5.10 Å². The molecular weight excluding hydrogens is 302 g/mol. The lowest BCUT2D eigenvalue weighted by Crippen LogP contribution is -2.35. The van der Waals surface area contributed by atoms with Crippen molar-refractivity contribution in [2.24, 2.45) is 7.05 Å². The van der Waals surface area contributed by atoms with Gasteiger partial charge in [-0.3, -0.25) is 9.48 Å². The van der Waals surface area contributed by atoms with Gasteiger partial charge >= 0.3 is 6.09 Å². The van der Waals surface area contributed by atoms with Gasteiger partial charge in [0.05, 0.1) is 17.2 Å². The summed E-state index contributed by atoms with van der Waals surface area (Å²) in [7, 11) is 1.66. The number of rotatable bonds is 3. The lowest BCUT2D eigenvalue weighted by molar-refractivity contribution is 0.0520. The summed E-state index contributed by atoms with van der Waals surface area (Å²) in [5, 5.41) is 6.34. The predicted molar refractivity (Wildman–Crippen MR) is 69.5 cm³/mol. The number of aryl methyl sites for hydroxylation is 1. The summed E-state index contributed by atoms with van der Waals surface area (Å²) in [4.78, 5) is 23.2. The summed E-state index contributed by atoms with van der Waals surface area (Å²) in [5.41, 5.74) is -0.175. The van der Waals surface area contributed by atoms with E-state index >= 15 is 0 Å². The number of alkyl carbamates (subject to hydrolysis) is 1. The fourth-order valence-electron chi connectivity index (χ4n) is 1.27. The number of hydrogen-bond donors (Lipinski definition) is 1. The second-order valence-corrected chi connectivity index (χ2v) is 5.60. The third-order valence-corrected chi connectivity index (χ3v) is 2.53. The van der Waals surface area contributed by atoms with Crippen molar-refractivity contribution in [3.63, 3.8) is 0 Å². The molecular formula is C11H16BrN3O3. The molecule has 0 saturated heterocycles. The Morgan fingerprint density at radius 2 is 2.11 bits per heavy atom. The zero-order valence-corrected chi connectivity index (χ0v) is 12.4. The van der Waals surface area contributed by atoms with E-state index in [1.807, 2.05) is 0 Å². The molecule has 18 heavy (non-hydrogen) atoms. The SMILES string of the molecule is Cn1ncc(Br)c1C(=O)CNC(=O)OC(C)(C)C. The maximum absolute atomic E-state index is 11.9. The van der Waals surface area contributed by atoms with E-state index in [4.69, 9.17) is 4.74 Å². The highest BCUT2D eigenvalue weighted by Gasteiger charge is 2.19. The van der Waals surface area contributed by atoms with Crippen molar-refractivity contribution in [3.05, 3.63) is 16.4 Å². The molecule has 0 aliphatic carbocycles. The van der Waals surface area contributed by atoms with Crippen LogP contribution in [0.15, 0.2) is 10.7 Å². The number of nitrogens with one attached hydrogen (secondary N) is 1. The summed E-state index contributed by atoms with van der Waals surface area (Å²) in [6.07, 6.45) is 0.912. The third-order valence-electron chi connectivity index (χ3n) is 1.95. The molecule has 100 valence electrons. The molecule has 1 amide bonds. The van der Waals surface area contributed by atoms with Gasteiger partial charge in [0.25, 0.3) is 0 Å². The molecule has 0 atom stereocenters. The van der Waals surface area contributed by atoms with Crippen molar-refractivity contribution in [3.8, 4) is 0 Å². The number of nitrogens with zero attached hydrogens (tertiary/aromatic N) is 2. The van der Waals surface area contributed by atoms with E-state index in [9.17, 15) is 9.59 Å². The summed E-state index contributed by atoms with van der Waals surface area (Å²) >= 11 is 3.23. The van der Waals surface area contributed by atoms with E-state index in [-0.39, 0.29) is 12.3 Å². The average Bonchev–Trinajstić information content (AvgIpc) is 2.53. The van der Waals surface area contributed by atoms with Crippen molar-refractivity contribution in [2.75, 3.05) is 6.54 Å². The van der Waals surface area contributed by atoms with Gasteiger partial charge in [0.1, 0.15) is 11.3 Å². The van der Waals surface area contributed by atoms with Crippen molar-refractivity contribution >= 4 is 27.8 Å². The summed E-state index contributed by atoms with van der Waals surface area (Å²) in [5.74, 6) is -0.243. The number of aromatic nitrogens is 2. The molecule has 0 fully saturated rings. The minimum atomic E-state index is -0.617. The van der Waals surface area contributed by atoms with E-state index < -0.39 is 11.7 Å². The molecule has 0 spiro atoms. The molecule has 1 heterocycles. The van der Waals surface area contributed by atoms with Crippen LogP contribution in [0.5, 0.6) is 0 Å². The first-order valence-electron chi connectivity index (χ1n) is 5.38. The van der Waals surface area contributed by atoms with Crippen LogP contribution in [0.4, 0.5) is 4.79 Å². The molecule has 1 aromatic heterocycles. The first-order valence-corrected chi connectivity index (χ1v) is 6.17. The Hall–Kier alpha value is -1.37. The number of ketones is 1. The molecule has 6 nitrogen and oxygen atoms in total. The molecule has 1 N–H and O–H groups in total. The van der Waals surface area contributed by atoms with Crippen LogP contribution < -0.4 is 5.32 Å². The Bertz CT molecular complexity index is 443. The van der Waals surface area contributed by atoms with Crippen LogP contribution in [-0.2, 0) is 11.8 Å². The maximum Gasteiger partial charge on any atom is 0.408 e. The van der Waals surface area contributed by atoms with Crippen LogP contribution in [0.1, 0.15) is 31.3 Å². The third kappa shape index (κ3) is 4.14. The van der Waals surface area contributed by atoms with E-state index in [0.29, 0.717) is 10.2 Å². The van der Waals surface area contributed by atoms with E-state index in [2.05, 4.69) is 26.3 Å². The van der Waals surface area contributed by atoms with Gasteiger partial charge in [-0.15, -0.1) is 0 Å². The Kier molecular flexibility index (Phi) is 4.50. The Balaban J connectivity index is 2.55. The highest BCUT2D eigenvalue weighted by Crippen LogP contribution is 2.15. The zero-order chi connectivity index (χ0) is 13.9. The van der Waals surface area contributed by atoms with Crippen LogP contribution in [0, 0.1) is 0 Å². The van der Waals surface area contributed by atoms with Gasteiger partial charge in [0, 0.05) is 7.05 Å². The van der Waals surface area contributed by atoms with Crippen molar-refractivity contribution < 1.29 is 14.3 Å². The van der Waals surface area contributed by atoms with Gasteiger partial charge in [-0.1, -0.05) is 0 Å². The lowest BCUT2D eigenvalue weighted by atomic mass is 10.2. The van der Waals surface area contributed by atoms with Gasteiger partial charge in [-0.25, -0.2) is 4.79 Å². The fourth-order valence-corrected chi connectivity index (χ4v) is 1.84. The molecule has 7 heteroatoms. The monoisotopic (exact) mass is 317 g/mol. The largest absolute Gasteiger partial charge is 0.444 e. The Morgan fingerprint density at radius 1 is 1.50 bits per heavy atom. The number of hydrogen-bond acceptors (Lipinski definition) is 4. The summed E-state index contributed by atoms with van der Waals surface area (Å²) < 4.78 is 7.08. The van der Waals surface area contributed by atoms with E-state index in [1.165, 1.54) is 10.9 Å². The fraction of sp³-hybridized carbons (Fsp3) is 0.545. The standard InChI is InChI=1S/C11H16BrN3O3/c1-11(2,3)18-10(17)13-6-8(16)9-7(12)5-14-15(9)4/h5H,6H2,1-4H3,(H,13,17). The predicted octanol–water partition coefficient (Wildman–Crippen LogP) is 1.89. The summed E-state index contributed by atoms with van der Waals surface area (Å²) in [6, 6.07) is 0. The molecule has 0 unspecified atom stereocenters. The Morgan fingerprint density at radius 3 is 2.56 bits per heavy atom. The maximum atomic E-state index is 11.9. The second-order valence-electron chi connectivity index (χ2n) is 4.74. The molecule has 1 rings (SSSR count). The van der Waals surface area contributed by atoms with Crippen molar-refractivity contribution in [2.45, 2.75) is 26.4 Å². The molecule has 0 radical (unpaired) electrons.